The number of halogens is 2. The van der Waals surface area contributed by atoms with Gasteiger partial charge >= 0.3 is 0 Å². The quantitative estimate of drug-likeness (QED) is 0.630. The zero-order valence-corrected chi connectivity index (χ0v) is 14.4. The Morgan fingerprint density at radius 2 is 1.12 bits per heavy atom. The van der Waals surface area contributed by atoms with Crippen molar-refractivity contribution in [1.29, 1.82) is 0 Å². The van der Waals surface area contributed by atoms with Crippen molar-refractivity contribution in [3.05, 3.63) is 94.8 Å². The highest BCUT2D eigenvalue weighted by Crippen LogP contribution is 2.23. The molecule has 3 rings (SSSR count). The number of ketones is 1. The van der Waals surface area contributed by atoms with Gasteiger partial charge in [-0.15, -0.1) is 0 Å². The summed E-state index contributed by atoms with van der Waals surface area (Å²) in [5, 5.41) is 0.444. The van der Waals surface area contributed by atoms with Crippen molar-refractivity contribution in [3.63, 3.8) is 0 Å². The van der Waals surface area contributed by atoms with Gasteiger partial charge in [0, 0.05) is 16.1 Å². The molecule has 0 aliphatic carbocycles. The second-order valence-electron chi connectivity index (χ2n) is 5.32. The van der Waals surface area contributed by atoms with Gasteiger partial charge in [-0.3, -0.25) is 4.79 Å². The van der Waals surface area contributed by atoms with E-state index in [0.717, 1.165) is 0 Å². The Labute approximate surface area is 149 Å². The van der Waals surface area contributed by atoms with E-state index in [1.54, 1.807) is 0 Å². The average Bonchev–Trinajstić information content (AvgIpc) is 2.62. The maximum absolute atomic E-state index is 12.9. The molecule has 0 fully saturated rings. The van der Waals surface area contributed by atoms with Crippen molar-refractivity contribution < 1.29 is 17.6 Å². The van der Waals surface area contributed by atoms with Gasteiger partial charge in [-0.25, -0.2) is 12.8 Å². The van der Waals surface area contributed by atoms with E-state index in [0.29, 0.717) is 16.1 Å². The van der Waals surface area contributed by atoms with E-state index in [1.165, 1.54) is 72.8 Å². The Kier molecular flexibility index (Phi) is 4.70. The molecule has 0 amide bonds. The second kappa shape index (κ2) is 6.78. The molecule has 3 aromatic rings. The minimum Gasteiger partial charge on any atom is -0.289 e. The smallest absolute Gasteiger partial charge is 0.206 e. The molecule has 0 spiro atoms. The molecule has 3 nitrogen and oxygen atoms in total. The molecule has 0 saturated heterocycles. The first kappa shape index (κ1) is 17.3. The number of carbonyl (C=O) groups excluding carboxylic acids is 1. The fraction of sp³-hybridized carbons (Fsp3) is 0. The van der Waals surface area contributed by atoms with Gasteiger partial charge in [0.15, 0.2) is 5.78 Å². The fourth-order valence-corrected chi connectivity index (χ4v) is 3.69. The number of rotatable bonds is 4. The van der Waals surface area contributed by atoms with Crippen LogP contribution in [-0.2, 0) is 9.84 Å². The molecule has 0 heterocycles. The fourth-order valence-electron chi connectivity index (χ4n) is 2.30. The van der Waals surface area contributed by atoms with E-state index >= 15 is 0 Å². The van der Waals surface area contributed by atoms with Gasteiger partial charge < -0.3 is 0 Å². The topological polar surface area (TPSA) is 51.2 Å². The SMILES string of the molecule is O=C(c1ccc(F)cc1)c1ccc(S(=O)(=O)c2ccc(Cl)cc2)cc1. The minimum absolute atomic E-state index is 0.0745. The lowest BCUT2D eigenvalue weighted by atomic mass is 10.0. The molecule has 0 aromatic heterocycles. The third-order valence-electron chi connectivity index (χ3n) is 3.66. The normalized spacial score (nSPS) is 11.3. The zero-order valence-electron chi connectivity index (χ0n) is 12.8. The first-order valence-corrected chi connectivity index (χ1v) is 9.15. The van der Waals surface area contributed by atoms with Crippen LogP contribution in [0.5, 0.6) is 0 Å². The van der Waals surface area contributed by atoms with E-state index in [-0.39, 0.29) is 15.6 Å². The summed E-state index contributed by atoms with van der Waals surface area (Å²) in [5.41, 5.74) is 0.649. The lowest BCUT2D eigenvalue weighted by Gasteiger charge is -2.06. The van der Waals surface area contributed by atoms with Gasteiger partial charge in [-0.05, 0) is 72.8 Å². The first-order valence-electron chi connectivity index (χ1n) is 7.29. The highest BCUT2D eigenvalue weighted by molar-refractivity contribution is 7.91. The summed E-state index contributed by atoms with van der Waals surface area (Å²) in [5.74, 6) is -0.739. The van der Waals surface area contributed by atoms with Crippen LogP contribution in [0.15, 0.2) is 82.6 Å². The predicted octanol–water partition coefficient (Wildman–Crippen LogP) is 4.54. The summed E-state index contributed by atoms with van der Waals surface area (Å²) in [6, 6.07) is 16.7. The van der Waals surface area contributed by atoms with Crippen LogP contribution < -0.4 is 0 Å². The van der Waals surface area contributed by atoms with Gasteiger partial charge in [-0.1, -0.05) is 11.6 Å². The van der Waals surface area contributed by atoms with Gasteiger partial charge in [0.25, 0.3) is 0 Å². The summed E-state index contributed by atoms with van der Waals surface area (Å²) in [6.45, 7) is 0. The largest absolute Gasteiger partial charge is 0.289 e. The second-order valence-corrected chi connectivity index (χ2v) is 7.70. The van der Waals surface area contributed by atoms with Crippen LogP contribution in [0.4, 0.5) is 4.39 Å². The summed E-state index contributed by atoms with van der Waals surface area (Å²) in [6.07, 6.45) is 0. The van der Waals surface area contributed by atoms with Crippen molar-refractivity contribution in [3.8, 4) is 0 Å². The molecule has 0 bridgehead atoms. The highest BCUT2D eigenvalue weighted by atomic mass is 35.5. The van der Waals surface area contributed by atoms with E-state index in [2.05, 4.69) is 0 Å². The molecule has 0 aliphatic rings. The van der Waals surface area contributed by atoms with Crippen LogP contribution in [0.1, 0.15) is 15.9 Å². The standard InChI is InChI=1S/C19H12ClFO3S/c20-15-5-11-18(12-6-15)25(23,24)17-9-3-14(4-10-17)19(22)13-1-7-16(21)8-2-13/h1-12H. The lowest BCUT2D eigenvalue weighted by molar-refractivity contribution is 0.103. The van der Waals surface area contributed by atoms with Gasteiger partial charge in [0.1, 0.15) is 5.82 Å². The Bertz CT molecular complexity index is 1010. The van der Waals surface area contributed by atoms with Crippen molar-refractivity contribution in [2.75, 3.05) is 0 Å². The summed E-state index contributed by atoms with van der Waals surface area (Å²) >= 11 is 5.78. The molecular formula is C19H12ClFO3S. The van der Waals surface area contributed by atoms with Crippen molar-refractivity contribution in [2.45, 2.75) is 9.79 Å². The van der Waals surface area contributed by atoms with E-state index in [4.69, 9.17) is 11.6 Å². The van der Waals surface area contributed by atoms with Crippen LogP contribution >= 0.6 is 11.6 Å². The first-order chi connectivity index (χ1) is 11.9. The Morgan fingerprint density at radius 3 is 1.60 bits per heavy atom. The number of sulfone groups is 1. The van der Waals surface area contributed by atoms with E-state index in [1.807, 2.05) is 0 Å². The minimum atomic E-state index is -3.69. The van der Waals surface area contributed by atoms with Crippen LogP contribution in [-0.4, -0.2) is 14.2 Å². The Hall–Kier alpha value is -2.50. The van der Waals surface area contributed by atoms with Gasteiger partial charge in [-0.2, -0.15) is 0 Å². The molecule has 3 aromatic carbocycles. The summed E-state index contributed by atoms with van der Waals surface area (Å²) in [7, 11) is -3.69. The lowest BCUT2D eigenvalue weighted by Crippen LogP contribution is -2.04. The Morgan fingerprint density at radius 1 is 0.720 bits per heavy atom. The van der Waals surface area contributed by atoms with Crippen LogP contribution in [0.3, 0.4) is 0 Å². The molecule has 0 saturated carbocycles. The molecule has 6 heteroatoms. The van der Waals surface area contributed by atoms with E-state index in [9.17, 15) is 17.6 Å². The van der Waals surface area contributed by atoms with Gasteiger partial charge in [0.05, 0.1) is 9.79 Å². The highest BCUT2D eigenvalue weighted by Gasteiger charge is 2.18. The third kappa shape index (κ3) is 3.62. The predicted molar refractivity (Wildman–Crippen MR) is 93.2 cm³/mol. The number of hydrogen-bond donors (Lipinski definition) is 0. The van der Waals surface area contributed by atoms with Crippen molar-refractivity contribution in [2.24, 2.45) is 0 Å². The van der Waals surface area contributed by atoms with E-state index < -0.39 is 15.7 Å². The maximum Gasteiger partial charge on any atom is 0.206 e. The molecule has 0 unspecified atom stereocenters. The maximum atomic E-state index is 12.9. The molecule has 0 N–H and O–H groups in total. The zero-order chi connectivity index (χ0) is 18.0. The number of hydrogen-bond acceptors (Lipinski definition) is 3. The summed E-state index contributed by atoms with van der Waals surface area (Å²) in [4.78, 5) is 12.5. The Balaban J connectivity index is 1.90. The third-order valence-corrected chi connectivity index (χ3v) is 5.69. The molecule has 0 radical (unpaired) electrons. The molecule has 126 valence electrons. The molecule has 25 heavy (non-hydrogen) atoms. The van der Waals surface area contributed by atoms with Crippen molar-refractivity contribution >= 4 is 27.2 Å². The summed E-state index contributed by atoms with van der Waals surface area (Å²) < 4.78 is 38.1. The number of carbonyl (C=O) groups is 1. The molecule has 0 aliphatic heterocycles. The average molecular weight is 375 g/mol. The number of benzene rings is 3. The molecule has 0 atom stereocenters. The van der Waals surface area contributed by atoms with Gasteiger partial charge in [0.2, 0.25) is 9.84 Å². The van der Waals surface area contributed by atoms with Crippen LogP contribution in [0.2, 0.25) is 5.02 Å². The van der Waals surface area contributed by atoms with Crippen LogP contribution in [0, 0.1) is 5.82 Å². The van der Waals surface area contributed by atoms with Crippen LogP contribution in [0.25, 0.3) is 0 Å². The molecular weight excluding hydrogens is 363 g/mol. The van der Waals surface area contributed by atoms with Crippen molar-refractivity contribution in [1.82, 2.24) is 0 Å². The monoisotopic (exact) mass is 374 g/mol.